The summed E-state index contributed by atoms with van der Waals surface area (Å²) in [5, 5.41) is 0. The molecule has 1 atom stereocenters. The molecule has 1 saturated carbocycles. The first-order chi connectivity index (χ1) is 8.75. The van der Waals surface area contributed by atoms with Crippen LogP contribution < -0.4 is 5.73 Å². The largest absolute Gasteiger partial charge is 0.398 e. The molecule has 0 radical (unpaired) electrons. The maximum absolute atomic E-state index is 6.17. The summed E-state index contributed by atoms with van der Waals surface area (Å²) in [6.07, 6.45) is 7.09. The van der Waals surface area contributed by atoms with E-state index in [2.05, 4.69) is 30.1 Å². The quantitative estimate of drug-likeness (QED) is 0.793. The van der Waals surface area contributed by atoms with Gasteiger partial charge in [0.15, 0.2) is 0 Å². The molecule has 0 spiro atoms. The molecule has 1 unspecified atom stereocenters. The van der Waals surface area contributed by atoms with Crippen LogP contribution in [0.3, 0.4) is 0 Å². The van der Waals surface area contributed by atoms with Crippen LogP contribution in [0.25, 0.3) is 0 Å². The fourth-order valence-corrected chi connectivity index (χ4v) is 3.86. The van der Waals surface area contributed by atoms with E-state index in [1.807, 2.05) is 0 Å². The fraction of sp³-hybridized carbons (Fsp3) is 0.625. The third kappa shape index (κ3) is 2.90. The van der Waals surface area contributed by atoms with Gasteiger partial charge in [0, 0.05) is 18.8 Å². The van der Waals surface area contributed by atoms with Crippen molar-refractivity contribution in [2.75, 3.05) is 19.3 Å². The Morgan fingerprint density at radius 3 is 2.63 bits per heavy atom. The van der Waals surface area contributed by atoms with Crippen LogP contribution >= 0.6 is 12.4 Å². The van der Waals surface area contributed by atoms with Crippen LogP contribution in [0.15, 0.2) is 18.2 Å². The monoisotopic (exact) mass is 280 g/mol. The fourth-order valence-electron chi connectivity index (χ4n) is 3.86. The number of anilines is 1. The Labute approximate surface area is 122 Å². The molecule has 19 heavy (non-hydrogen) atoms. The lowest BCUT2D eigenvalue weighted by Gasteiger charge is -2.39. The Hall–Kier alpha value is -0.730. The normalized spacial score (nSPS) is 24.6. The molecule has 1 heterocycles. The van der Waals surface area contributed by atoms with E-state index in [1.165, 1.54) is 44.2 Å². The van der Waals surface area contributed by atoms with Gasteiger partial charge in [-0.15, -0.1) is 12.4 Å². The molecule has 1 aliphatic heterocycles. The van der Waals surface area contributed by atoms with E-state index in [0.29, 0.717) is 5.92 Å². The number of likely N-dealkylation sites (N-methyl/N-ethyl adjacent to an activating group) is 1. The second-order valence-corrected chi connectivity index (χ2v) is 6.12. The van der Waals surface area contributed by atoms with Gasteiger partial charge in [-0.05, 0) is 48.9 Å². The van der Waals surface area contributed by atoms with Gasteiger partial charge >= 0.3 is 0 Å². The molecule has 1 aromatic carbocycles. The lowest BCUT2D eigenvalue weighted by atomic mass is 9.74. The molecule has 1 fully saturated rings. The van der Waals surface area contributed by atoms with Gasteiger partial charge in [0.05, 0.1) is 0 Å². The van der Waals surface area contributed by atoms with E-state index in [9.17, 15) is 0 Å². The topological polar surface area (TPSA) is 29.3 Å². The van der Waals surface area contributed by atoms with Crippen molar-refractivity contribution in [3.05, 3.63) is 29.3 Å². The number of hydrogen-bond acceptors (Lipinski definition) is 2. The van der Waals surface area contributed by atoms with E-state index in [-0.39, 0.29) is 12.4 Å². The average molecular weight is 281 g/mol. The minimum absolute atomic E-state index is 0. The molecule has 0 amide bonds. The van der Waals surface area contributed by atoms with Crippen LogP contribution in [-0.4, -0.2) is 18.5 Å². The highest BCUT2D eigenvalue weighted by molar-refractivity contribution is 5.85. The van der Waals surface area contributed by atoms with Crippen molar-refractivity contribution >= 4 is 18.1 Å². The predicted molar refractivity (Wildman–Crippen MR) is 83.8 cm³/mol. The minimum Gasteiger partial charge on any atom is -0.398 e. The van der Waals surface area contributed by atoms with Gasteiger partial charge in [0.1, 0.15) is 0 Å². The van der Waals surface area contributed by atoms with Crippen molar-refractivity contribution in [1.82, 2.24) is 4.90 Å². The molecule has 1 aliphatic carbocycles. The molecule has 2 N–H and O–H groups in total. The van der Waals surface area contributed by atoms with Crippen molar-refractivity contribution in [3.63, 3.8) is 0 Å². The summed E-state index contributed by atoms with van der Waals surface area (Å²) < 4.78 is 0. The zero-order valence-corrected chi connectivity index (χ0v) is 12.6. The summed E-state index contributed by atoms with van der Waals surface area (Å²) in [4.78, 5) is 2.44. The predicted octanol–water partition coefficient (Wildman–Crippen LogP) is 3.80. The SMILES string of the molecule is CN1Cc2c(N)cccc2C(C2CCCCC2)C1.Cl. The van der Waals surface area contributed by atoms with Crippen LogP contribution in [0.2, 0.25) is 0 Å². The van der Waals surface area contributed by atoms with Gasteiger partial charge in [0.2, 0.25) is 0 Å². The maximum atomic E-state index is 6.17. The van der Waals surface area contributed by atoms with E-state index in [0.717, 1.165) is 18.2 Å². The van der Waals surface area contributed by atoms with Crippen LogP contribution in [0.5, 0.6) is 0 Å². The second-order valence-electron chi connectivity index (χ2n) is 6.12. The molecule has 3 heteroatoms. The van der Waals surface area contributed by atoms with Crippen LogP contribution in [0.1, 0.15) is 49.1 Å². The van der Waals surface area contributed by atoms with Gasteiger partial charge in [0.25, 0.3) is 0 Å². The maximum Gasteiger partial charge on any atom is 0.0362 e. The molecule has 3 rings (SSSR count). The summed E-state index contributed by atoms with van der Waals surface area (Å²) in [6.45, 7) is 2.23. The Morgan fingerprint density at radius 1 is 1.16 bits per heavy atom. The third-order valence-electron chi connectivity index (χ3n) is 4.80. The van der Waals surface area contributed by atoms with Crippen molar-refractivity contribution < 1.29 is 0 Å². The number of nitrogen functional groups attached to an aromatic ring is 1. The Kier molecular flexibility index (Phi) is 4.75. The number of benzene rings is 1. The van der Waals surface area contributed by atoms with Crippen molar-refractivity contribution in [2.24, 2.45) is 5.92 Å². The van der Waals surface area contributed by atoms with Crippen molar-refractivity contribution in [1.29, 1.82) is 0 Å². The number of rotatable bonds is 1. The van der Waals surface area contributed by atoms with Crippen LogP contribution in [0, 0.1) is 5.92 Å². The smallest absolute Gasteiger partial charge is 0.0362 e. The number of hydrogen-bond donors (Lipinski definition) is 1. The number of nitrogens with two attached hydrogens (primary N) is 1. The van der Waals surface area contributed by atoms with Crippen molar-refractivity contribution in [2.45, 2.75) is 44.6 Å². The number of halogens is 1. The Bertz CT molecular complexity index is 427. The zero-order chi connectivity index (χ0) is 12.5. The summed E-state index contributed by atoms with van der Waals surface area (Å²) in [7, 11) is 2.23. The third-order valence-corrected chi connectivity index (χ3v) is 4.80. The number of fused-ring (bicyclic) bond motifs is 1. The van der Waals surface area contributed by atoms with Gasteiger partial charge in [-0.1, -0.05) is 31.4 Å². The first-order valence-electron chi connectivity index (χ1n) is 7.31. The number of nitrogens with zero attached hydrogens (tertiary/aromatic N) is 1. The molecule has 2 aliphatic rings. The van der Waals surface area contributed by atoms with Gasteiger partial charge < -0.3 is 10.6 Å². The van der Waals surface area contributed by atoms with Gasteiger partial charge in [-0.25, -0.2) is 0 Å². The highest BCUT2D eigenvalue weighted by Crippen LogP contribution is 2.41. The minimum atomic E-state index is 0. The summed E-state index contributed by atoms with van der Waals surface area (Å²) in [5.74, 6) is 1.59. The first-order valence-corrected chi connectivity index (χ1v) is 7.31. The van der Waals surface area contributed by atoms with Gasteiger partial charge in [-0.3, -0.25) is 0 Å². The molecule has 0 saturated heterocycles. The highest BCUT2D eigenvalue weighted by atomic mass is 35.5. The Morgan fingerprint density at radius 2 is 1.89 bits per heavy atom. The molecule has 0 bridgehead atoms. The van der Waals surface area contributed by atoms with Crippen LogP contribution in [0.4, 0.5) is 5.69 Å². The van der Waals surface area contributed by atoms with Crippen molar-refractivity contribution in [3.8, 4) is 0 Å². The van der Waals surface area contributed by atoms with Gasteiger partial charge in [-0.2, -0.15) is 0 Å². The van der Waals surface area contributed by atoms with Crippen LogP contribution in [-0.2, 0) is 6.54 Å². The standard InChI is InChI=1S/C16H24N2.ClH/c1-18-10-14(12-6-3-2-4-7-12)13-8-5-9-16(17)15(13)11-18;/h5,8-9,12,14H,2-4,6-7,10-11,17H2,1H3;1H. The zero-order valence-electron chi connectivity index (χ0n) is 11.8. The molecule has 1 aromatic rings. The summed E-state index contributed by atoms with van der Waals surface area (Å²) >= 11 is 0. The summed E-state index contributed by atoms with van der Waals surface area (Å²) in [5.41, 5.74) is 10.1. The molecular weight excluding hydrogens is 256 g/mol. The molecular formula is C16H25ClN2. The molecule has 2 nitrogen and oxygen atoms in total. The first kappa shape index (κ1) is 14.7. The molecule has 0 aromatic heterocycles. The van der Waals surface area contributed by atoms with E-state index >= 15 is 0 Å². The lowest BCUT2D eigenvalue weighted by Crippen LogP contribution is -2.35. The molecule has 106 valence electrons. The average Bonchev–Trinajstić information content (AvgIpc) is 2.40. The highest BCUT2D eigenvalue weighted by Gasteiger charge is 2.31. The summed E-state index contributed by atoms with van der Waals surface area (Å²) in [6, 6.07) is 6.50. The Balaban J connectivity index is 0.00000133. The van der Waals surface area contributed by atoms with E-state index in [4.69, 9.17) is 5.73 Å². The lowest BCUT2D eigenvalue weighted by molar-refractivity contribution is 0.209. The second kappa shape index (κ2) is 6.15. The van der Waals surface area contributed by atoms with E-state index in [1.54, 1.807) is 5.56 Å². The van der Waals surface area contributed by atoms with E-state index < -0.39 is 0 Å².